The highest BCUT2D eigenvalue weighted by Crippen LogP contribution is 2.11. The smallest absolute Gasteiger partial charge is 0.257 e. The molecule has 1 aromatic heterocycles. The van der Waals surface area contributed by atoms with Crippen molar-refractivity contribution in [3.05, 3.63) is 29.6 Å². The molecule has 0 bridgehead atoms. The van der Waals surface area contributed by atoms with E-state index in [1.807, 2.05) is 6.92 Å². The third-order valence-electron chi connectivity index (χ3n) is 3.11. The molecule has 2 amide bonds. The van der Waals surface area contributed by atoms with Gasteiger partial charge in [0, 0.05) is 23.4 Å². The summed E-state index contributed by atoms with van der Waals surface area (Å²) in [6.07, 6.45) is 3.14. The molecule has 0 atom stereocenters. The van der Waals surface area contributed by atoms with Gasteiger partial charge in [-0.2, -0.15) is 0 Å². The number of rotatable bonds is 2. The van der Waals surface area contributed by atoms with Crippen molar-refractivity contribution < 1.29 is 9.59 Å². The van der Waals surface area contributed by atoms with Crippen LogP contribution in [0.1, 0.15) is 28.9 Å². The van der Waals surface area contributed by atoms with Crippen LogP contribution in [0.5, 0.6) is 0 Å². The second-order valence-corrected chi connectivity index (χ2v) is 4.53. The van der Waals surface area contributed by atoms with Crippen LogP contribution in [0.25, 0.3) is 0 Å². The fourth-order valence-corrected chi connectivity index (χ4v) is 2.06. The van der Waals surface area contributed by atoms with Gasteiger partial charge in [0.1, 0.15) is 0 Å². The molecule has 2 rings (SSSR count). The molecule has 0 aromatic carbocycles. The maximum Gasteiger partial charge on any atom is 0.257 e. The Kier molecular flexibility index (Phi) is 4.04. The molecular formula is C13H17N3O2. The Morgan fingerprint density at radius 3 is 2.78 bits per heavy atom. The van der Waals surface area contributed by atoms with Crippen molar-refractivity contribution >= 4 is 11.8 Å². The van der Waals surface area contributed by atoms with Crippen LogP contribution in [0.3, 0.4) is 0 Å². The summed E-state index contributed by atoms with van der Waals surface area (Å²) in [5.41, 5.74) is 1.24. The average molecular weight is 247 g/mol. The van der Waals surface area contributed by atoms with E-state index in [-0.39, 0.29) is 17.7 Å². The monoisotopic (exact) mass is 247 g/mol. The van der Waals surface area contributed by atoms with E-state index >= 15 is 0 Å². The number of carbonyl (C=O) groups excluding carboxylic acids is 2. The van der Waals surface area contributed by atoms with Crippen molar-refractivity contribution in [3.8, 4) is 0 Å². The first-order valence-corrected chi connectivity index (χ1v) is 6.15. The number of piperidine rings is 1. The van der Waals surface area contributed by atoms with Crippen LogP contribution < -0.4 is 10.6 Å². The molecular weight excluding hydrogens is 230 g/mol. The molecule has 2 heterocycles. The van der Waals surface area contributed by atoms with E-state index in [1.165, 1.54) is 0 Å². The van der Waals surface area contributed by atoms with Gasteiger partial charge >= 0.3 is 0 Å². The number of amides is 2. The normalized spacial score (nSPS) is 16.3. The maximum atomic E-state index is 11.9. The Labute approximate surface area is 106 Å². The van der Waals surface area contributed by atoms with Gasteiger partial charge in [-0.1, -0.05) is 0 Å². The van der Waals surface area contributed by atoms with E-state index in [0.29, 0.717) is 5.56 Å². The zero-order valence-electron chi connectivity index (χ0n) is 10.4. The molecule has 1 fully saturated rings. The number of imide groups is 1. The standard InChI is InChI=1S/C13H17N3O2/c1-9-8-11(4-7-15-9)13(18)16-12(17)10-2-5-14-6-3-10/h4,7-8,10,14H,2-3,5-6H2,1H3,(H,16,17,18). The fourth-order valence-electron chi connectivity index (χ4n) is 2.06. The lowest BCUT2D eigenvalue weighted by molar-refractivity contribution is -0.124. The molecule has 5 nitrogen and oxygen atoms in total. The molecule has 5 heteroatoms. The van der Waals surface area contributed by atoms with Gasteiger partial charge in [-0.15, -0.1) is 0 Å². The Bertz CT molecular complexity index is 453. The van der Waals surface area contributed by atoms with Crippen LogP contribution in [0.4, 0.5) is 0 Å². The van der Waals surface area contributed by atoms with E-state index in [9.17, 15) is 9.59 Å². The number of carbonyl (C=O) groups is 2. The van der Waals surface area contributed by atoms with Crippen molar-refractivity contribution in [2.45, 2.75) is 19.8 Å². The minimum absolute atomic E-state index is 0.0573. The summed E-state index contributed by atoms with van der Waals surface area (Å²) < 4.78 is 0. The first-order chi connectivity index (χ1) is 8.66. The molecule has 1 saturated heterocycles. The summed E-state index contributed by atoms with van der Waals surface area (Å²) in [4.78, 5) is 27.8. The van der Waals surface area contributed by atoms with Gasteiger partial charge in [0.2, 0.25) is 5.91 Å². The van der Waals surface area contributed by atoms with E-state index in [1.54, 1.807) is 18.3 Å². The summed E-state index contributed by atoms with van der Waals surface area (Å²) in [7, 11) is 0. The van der Waals surface area contributed by atoms with E-state index in [4.69, 9.17) is 0 Å². The largest absolute Gasteiger partial charge is 0.317 e. The lowest BCUT2D eigenvalue weighted by atomic mass is 9.97. The number of nitrogens with zero attached hydrogens (tertiary/aromatic N) is 1. The third kappa shape index (κ3) is 3.13. The van der Waals surface area contributed by atoms with E-state index < -0.39 is 0 Å². The summed E-state index contributed by atoms with van der Waals surface area (Å²) in [5.74, 6) is -0.571. The SMILES string of the molecule is Cc1cc(C(=O)NC(=O)C2CCNCC2)ccn1. The molecule has 1 aliphatic rings. The average Bonchev–Trinajstić information content (AvgIpc) is 2.39. The zero-order valence-corrected chi connectivity index (χ0v) is 10.4. The molecule has 0 unspecified atom stereocenters. The number of aromatic nitrogens is 1. The molecule has 96 valence electrons. The number of aryl methyl sites for hydroxylation is 1. The Hall–Kier alpha value is -1.75. The Morgan fingerprint density at radius 1 is 1.39 bits per heavy atom. The third-order valence-corrected chi connectivity index (χ3v) is 3.11. The lowest BCUT2D eigenvalue weighted by Gasteiger charge is -2.21. The summed E-state index contributed by atoms with van der Waals surface area (Å²) >= 11 is 0. The molecule has 0 radical (unpaired) electrons. The van der Waals surface area contributed by atoms with Crippen LogP contribution in [0.2, 0.25) is 0 Å². The first kappa shape index (κ1) is 12.7. The van der Waals surface area contributed by atoms with Crippen molar-refractivity contribution in [2.75, 3.05) is 13.1 Å². The first-order valence-electron chi connectivity index (χ1n) is 6.15. The Balaban J connectivity index is 1.96. The predicted molar refractivity (Wildman–Crippen MR) is 67.0 cm³/mol. The van der Waals surface area contributed by atoms with Gasteiger partial charge in [-0.3, -0.25) is 19.9 Å². The summed E-state index contributed by atoms with van der Waals surface area (Å²) in [5, 5.41) is 5.65. The highest BCUT2D eigenvalue weighted by Gasteiger charge is 2.22. The lowest BCUT2D eigenvalue weighted by Crippen LogP contribution is -2.40. The molecule has 2 N–H and O–H groups in total. The molecule has 0 saturated carbocycles. The maximum absolute atomic E-state index is 11.9. The topological polar surface area (TPSA) is 71.1 Å². The minimum Gasteiger partial charge on any atom is -0.317 e. The fraction of sp³-hybridized carbons (Fsp3) is 0.462. The number of hydrogen-bond acceptors (Lipinski definition) is 4. The van der Waals surface area contributed by atoms with Crippen LogP contribution in [-0.2, 0) is 4.79 Å². The van der Waals surface area contributed by atoms with Gasteiger partial charge in [0.15, 0.2) is 0 Å². The number of pyridine rings is 1. The second-order valence-electron chi connectivity index (χ2n) is 4.53. The van der Waals surface area contributed by atoms with Crippen LogP contribution in [-0.4, -0.2) is 29.9 Å². The summed E-state index contributed by atoms with van der Waals surface area (Å²) in [6, 6.07) is 3.28. The minimum atomic E-state index is -0.343. The van der Waals surface area contributed by atoms with Crippen molar-refractivity contribution in [1.29, 1.82) is 0 Å². The van der Waals surface area contributed by atoms with Crippen LogP contribution in [0.15, 0.2) is 18.3 Å². The highest BCUT2D eigenvalue weighted by molar-refractivity contribution is 6.05. The molecule has 18 heavy (non-hydrogen) atoms. The number of hydrogen-bond donors (Lipinski definition) is 2. The van der Waals surface area contributed by atoms with Crippen molar-refractivity contribution in [2.24, 2.45) is 5.92 Å². The van der Waals surface area contributed by atoms with Gasteiger partial charge < -0.3 is 5.32 Å². The Morgan fingerprint density at radius 2 is 2.11 bits per heavy atom. The molecule has 0 spiro atoms. The van der Waals surface area contributed by atoms with Crippen molar-refractivity contribution in [3.63, 3.8) is 0 Å². The van der Waals surface area contributed by atoms with Gasteiger partial charge in [-0.05, 0) is 45.0 Å². The van der Waals surface area contributed by atoms with Crippen molar-refractivity contribution in [1.82, 2.24) is 15.6 Å². The van der Waals surface area contributed by atoms with Crippen LogP contribution >= 0.6 is 0 Å². The van der Waals surface area contributed by atoms with E-state index in [2.05, 4.69) is 15.6 Å². The van der Waals surface area contributed by atoms with Crippen LogP contribution in [0, 0.1) is 12.8 Å². The van der Waals surface area contributed by atoms with Gasteiger partial charge in [-0.25, -0.2) is 0 Å². The van der Waals surface area contributed by atoms with Gasteiger partial charge in [0.25, 0.3) is 5.91 Å². The summed E-state index contributed by atoms with van der Waals surface area (Å²) in [6.45, 7) is 3.48. The second kappa shape index (κ2) is 5.73. The van der Waals surface area contributed by atoms with Gasteiger partial charge in [0.05, 0.1) is 0 Å². The highest BCUT2D eigenvalue weighted by atomic mass is 16.2. The quantitative estimate of drug-likeness (QED) is 0.753. The molecule has 0 aliphatic carbocycles. The number of nitrogens with one attached hydrogen (secondary N) is 2. The predicted octanol–water partition coefficient (Wildman–Crippen LogP) is 0.646. The zero-order chi connectivity index (χ0) is 13.0. The van der Waals surface area contributed by atoms with E-state index in [0.717, 1.165) is 31.6 Å². The molecule has 1 aromatic rings. The molecule has 1 aliphatic heterocycles.